The molecule has 2 heterocycles. The van der Waals surface area contributed by atoms with E-state index in [9.17, 15) is 0 Å². The maximum Gasteiger partial charge on any atom is 0.0640 e. The minimum atomic E-state index is 0.198. The first-order valence-corrected chi connectivity index (χ1v) is 8.14. The lowest BCUT2D eigenvalue weighted by Crippen LogP contribution is -2.25. The predicted molar refractivity (Wildman–Crippen MR) is 81.7 cm³/mol. The van der Waals surface area contributed by atoms with Crippen molar-refractivity contribution in [1.29, 1.82) is 0 Å². The Morgan fingerprint density at radius 3 is 2.90 bits per heavy atom. The molecule has 1 fully saturated rings. The molecule has 0 bridgehead atoms. The Kier molecular flexibility index (Phi) is 6.05. The van der Waals surface area contributed by atoms with Crippen LogP contribution < -0.4 is 5.73 Å². The molecule has 20 heavy (non-hydrogen) atoms. The highest BCUT2D eigenvalue weighted by Crippen LogP contribution is 2.19. The first-order valence-electron chi connectivity index (χ1n) is 8.14. The van der Waals surface area contributed by atoms with Crippen molar-refractivity contribution in [3.05, 3.63) is 18.0 Å². The van der Waals surface area contributed by atoms with E-state index in [1.807, 2.05) is 0 Å². The van der Waals surface area contributed by atoms with Gasteiger partial charge in [-0.2, -0.15) is 5.10 Å². The maximum atomic E-state index is 6.23. The number of ether oxygens (including phenoxy) is 1. The van der Waals surface area contributed by atoms with E-state index >= 15 is 0 Å². The summed E-state index contributed by atoms with van der Waals surface area (Å²) < 4.78 is 7.74. The zero-order valence-corrected chi connectivity index (χ0v) is 12.9. The Balaban J connectivity index is 1.77. The van der Waals surface area contributed by atoms with Crippen molar-refractivity contribution in [3.63, 3.8) is 0 Å². The normalized spacial score (nSPS) is 20.7. The SMILES string of the molecule is CCC(CC)n1ccc(CC(N)CCC2CCCO2)n1. The van der Waals surface area contributed by atoms with Gasteiger partial charge in [-0.25, -0.2) is 0 Å². The highest BCUT2D eigenvalue weighted by atomic mass is 16.5. The van der Waals surface area contributed by atoms with Crippen LogP contribution in [0.25, 0.3) is 0 Å². The van der Waals surface area contributed by atoms with Gasteiger partial charge in [-0.3, -0.25) is 4.68 Å². The third kappa shape index (κ3) is 4.32. The Labute approximate surface area is 122 Å². The van der Waals surface area contributed by atoms with Gasteiger partial charge in [-0.15, -0.1) is 0 Å². The van der Waals surface area contributed by atoms with Crippen molar-refractivity contribution in [3.8, 4) is 0 Å². The number of hydrogen-bond donors (Lipinski definition) is 1. The van der Waals surface area contributed by atoms with Crippen LogP contribution in [0.4, 0.5) is 0 Å². The van der Waals surface area contributed by atoms with E-state index in [0.29, 0.717) is 12.1 Å². The van der Waals surface area contributed by atoms with E-state index in [4.69, 9.17) is 10.5 Å². The fourth-order valence-corrected chi connectivity index (χ4v) is 3.00. The molecule has 4 heteroatoms. The second-order valence-electron chi connectivity index (χ2n) is 5.93. The molecule has 0 radical (unpaired) electrons. The van der Waals surface area contributed by atoms with E-state index < -0.39 is 0 Å². The maximum absolute atomic E-state index is 6.23. The van der Waals surface area contributed by atoms with Crippen molar-refractivity contribution in [1.82, 2.24) is 9.78 Å². The minimum Gasteiger partial charge on any atom is -0.378 e. The summed E-state index contributed by atoms with van der Waals surface area (Å²) in [6.45, 7) is 5.35. The average molecular weight is 279 g/mol. The van der Waals surface area contributed by atoms with Crippen LogP contribution in [0.2, 0.25) is 0 Å². The van der Waals surface area contributed by atoms with E-state index in [2.05, 4.69) is 35.9 Å². The fourth-order valence-electron chi connectivity index (χ4n) is 3.00. The molecular weight excluding hydrogens is 250 g/mol. The van der Waals surface area contributed by atoms with Crippen LogP contribution in [0, 0.1) is 0 Å². The summed E-state index contributed by atoms with van der Waals surface area (Å²) in [5.74, 6) is 0. The van der Waals surface area contributed by atoms with Gasteiger partial charge in [0.05, 0.1) is 17.8 Å². The average Bonchev–Trinajstić information content (AvgIpc) is 3.10. The molecule has 0 saturated carbocycles. The number of rotatable bonds is 8. The van der Waals surface area contributed by atoms with Gasteiger partial charge in [0, 0.05) is 25.3 Å². The van der Waals surface area contributed by atoms with Gasteiger partial charge in [-0.1, -0.05) is 13.8 Å². The topological polar surface area (TPSA) is 53.1 Å². The smallest absolute Gasteiger partial charge is 0.0640 e. The van der Waals surface area contributed by atoms with Gasteiger partial charge < -0.3 is 10.5 Å². The van der Waals surface area contributed by atoms with Crippen molar-refractivity contribution < 1.29 is 4.74 Å². The zero-order chi connectivity index (χ0) is 14.4. The van der Waals surface area contributed by atoms with E-state index in [1.165, 1.54) is 12.8 Å². The Hall–Kier alpha value is -0.870. The summed E-state index contributed by atoms with van der Waals surface area (Å²) in [7, 11) is 0. The highest BCUT2D eigenvalue weighted by Gasteiger charge is 2.17. The number of hydrogen-bond acceptors (Lipinski definition) is 3. The number of nitrogens with two attached hydrogens (primary N) is 1. The first-order chi connectivity index (χ1) is 9.72. The third-order valence-corrected chi connectivity index (χ3v) is 4.33. The second kappa shape index (κ2) is 7.79. The molecule has 114 valence electrons. The molecule has 2 N–H and O–H groups in total. The molecule has 1 aliphatic heterocycles. The summed E-state index contributed by atoms with van der Waals surface area (Å²) in [6.07, 6.45) is 10.2. The molecule has 1 aliphatic rings. The van der Waals surface area contributed by atoms with Gasteiger partial charge >= 0.3 is 0 Å². The lowest BCUT2D eigenvalue weighted by Gasteiger charge is -2.14. The molecular formula is C16H29N3O. The van der Waals surface area contributed by atoms with Crippen LogP contribution in [0.3, 0.4) is 0 Å². The van der Waals surface area contributed by atoms with Crippen molar-refractivity contribution >= 4 is 0 Å². The molecule has 0 aliphatic carbocycles. The quantitative estimate of drug-likeness (QED) is 0.795. The molecule has 0 aromatic carbocycles. The molecule has 2 unspecified atom stereocenters. The number of nitrogens with zero attached hydrogens (tertiary/aromatic N) is 2. The van der Waals surface area contributed by atoms with Crippen LogP contribution in [0.5, 0.6) is 0 Å². The molecule has 1 aromatic heterocycles. The molecule has 2 rings (SSSR count). The molecule has 1 saturated heterocycles. The Bertz CT molecular complexity index is 381. The minimum absolute atomic E-state index is 0.198. The lowest BCUT2D eigenvalue weighted by molar-refractivity contribution is 0.101. The van der Waals surface area contributed by atoms with Gasteiger partial charge in [-0.05, 0) is 44.6 Å². The van der Waals surface area contributed by atoms with Crippen molar-refractivity contribution in [2.75, 3.05) is 6.61 Å². The van der Waals surface area contributed by atoms with Crippen LogP contribution in [-0.4, -0.2) is 28.5 Å². The molecule has 4 nitrogen and oxygen atoms in total. The van der Waals surface area contributed by atoms with Crippen LogP contribution >= 0.6 is 0 Å². The molecule has 2 atom stereocenters. The summed E-state index contributed by atoms with van der Waals surface area (Å²) in [5.41, 5.74) is 7.35. The van der Waals surface area contributed by atoms with Crippen LogP contribution in [-0.2, 0) is 11.2 Å². The van der Waals surface area contributed by atoms with E-state index in [0.717, 1.165) is 44.4 Å². The van der Waals surface area contributed by atoms with Gasteiger partial charge in [0.2, 0.25) is 0 Å². The highest BCUT2D eigenvalue weighted by molar-refractivity contribution is 5.02. The standard InChI is InChI=1S/C16H29N3O/c1-3-15(4-2)19-10-9-14(18-19)12-13(17)7-8-16-6-5-11-20-16/h9-10,13,15-16H,3-8,11-12,17H2,1-2H3. The Morgan fingerprint density at radius 2 is 2.25 bits per heavy atom. The predicted octanol–water partition coefficient (Wildman–Crippen LogP) is 3.07. The lowest BCUT2D eigenvalue weighted by atomic mass is 10.0. The van der Waals surface area contributed by atoms with Gasteiger partial charge in [0.15, 0.2) is 0 Å². The largest absolute Gasteiger partial charge is 0.378 e. The summed E-state index contributed by atoms with van der Waals surface area (Å²) in [5, 5.41) is 4.68. The Morgan fingerprint density at radius 1 is 1.45 bits per heavy atom. The molecule has 1 aromatic rings. The van der Waals surface area contributed by atoms with Gasteiger partial charge in [0.25, 0.3) is 0 Å². The molecule has 0 amide bonds. The summed E-state index contributed by atoms with van der Waals surface area (Å²) in [4.78, 5) is 0. The zero-order valence-electron chi connectivity index (χ0n) is 12.9. The van der Waals surface area contributed by atoms with E-state index in [1.54, 1.807) is 0 Å². The monoisotopic (exact) mass is 279 g/mol. The van der Waals surface area contributed by atoms with Crippen LogP contribution in [0.15, 0.2) is 12.3 Å². The fraction of sp³-hybridized carbons (Fsp3) is 0.812. The summed E-state index contributed by atoms with van der Waals surface area (Å²) >= 11 is 0. The van der Waals surface area contributed by atoms with Gasteiger partial charge in [0.1, 0.15) is 0 Å². The second-order valence-corrected chi connectivity index (χ2v) is 5.93. The first kappa shape index (κ1) is 15.5. The third-order valence-electron chi connectivity index (χ3n) is 4.33. The van der Waals surface area contributed by atoms with E-state index in [-0.39, 0.29) is 6.04 Å². The molecule has 0 spiro atoms. The number of aromatic nitrogens is 2. The summed E-state index contributed by atoms with van der Waals surface area (Å²) in [6, 6.07) is 2.83. The van der Waals surface area contributed by atoms with Crippen molar-refractivity contribution in [2.45, 2.75) is 77.0 Å². The van der Waals surface area contributed by atoms with Crippen LogP contribution in [0.1, 0.15) is 64.1 Å². The van der Waals surface area contributed by atoms with Crippen molar-refractivity contribution in [2.24, 2.45) is 5.73 Å².